The summed E-state index contributed by atoms with van der Waals surface area (Å²) in [4.78, 5) is 31.8. The van der Waals surface area contributed by atoms with Crippen molar-refractivity contribution in [3.05, 3.63) is 83.3 Å². The number of aryl methyl sites for hydroxylation is 2. The van der Waals surface area contributed by atoms with E-state index in [1.807, 2.05) is 32.0 Å². The molecule has 1 unspecified atom stereocenters. The molecule has 1 aliphatic heterocycles. The van der Waals surface area contributed by atoms with Gasteiger partial charge in [0.05, 0.1) is 24.2 Å². The van der Waals surface area contributed by atoms with Crippen molar-refractivity contribution in [3.63, 3.8) is 0 Å². The maximum absolute atomic E-state index is 13.9. The van der Waals surface area contributed by atoms with E-state index in [9.17, 15) is 18.4 Å². The van der Waals surface area contributed by atoms with Crippen LogP contribution in [0.2, 0.25) is 0 Å². The maximum atomic E-state index is 13.9. The van der Waals surface area contributed by atoms with Gasteiger partial charge in [-0.3, -0.25) is 14.5 Å². The number of hydrogen-bond acceptors (Lipinski definition) is 5. The number of carbonyl (C=O) groups is 2. The first-order valence-corrected chi connectivity index (χ1v) is 11.1. The van der Waals surface area contributed by atoms with Crippen molar-refractivity contribution in [2.24, 2.45) is 4.99 Å². The molecular formula is C24H21F2N3O3S. The van der Waals surface area contributed by atoms with Gasteiger partial charge in [-0.2, -0.15) is 0 Å². The van der Waals surface area contributed by atoms with Crippen LogP contribution in [0.3, 0.4) is 0 Å². The first kappa shape index (κ1) is 22.7. The van der Waals surface area contributed by atoms with Gasteiger partial charge in [0.2, 0.25) is 11.8 Å². The fourth-order valence-corrected chi connectivity index (χ4v) is 4.57. The van der Waals surface area contributed by atoms with Crippen molar-refractivity contribution in [1.82, 2.24) is 4.90 Å². The Bertz CT molecular complexity index is 1230. The molecule has 2 heterocycles. The lowest BCUT2D eigenvalue weighted by Crippen LogP contribution is -2.33. The smallest absolute Gasteiger partial charge is 0.243 e. The Balaban J connectivity index is 1.55. The average molecular weight is 470 g/mol. The first-order valence-electron chi connectivity index (χ1n) is 10.2. The fraction of sp³-hybridized carbons (Fsp3) is 0.208. The number of hydrogen-bond donors (Lipinski definition) is 1. The summed E-state index contributed by atoms with van der Waals surface area (Å²) in [6, 6.07) is 12.2. The number of nitrogens with zero attached hydrogens (tertiary/aromatic N) is 2. The summed E-state index contributed by atoms with van der Waals surface area (Å²) in [7, 11) is 0. The number of aliphatic imine (C=N–C) groups is 1. The number of nitrogens with one attached hydrogen (secondary N) is 1. The van der Waals surface area contributed by atoms with Gasteiger partial charge >= 0.3 is 0 Å². The highest BCUT2D eigenvalue weighted by atomic mass is 32.2. The van der Waals surface area contributed by atoms with E-state index in [1.54, 1.807) is 12.1 Å². The zero-order chi connectivity index (χ0) is 23.5. The zero-order valence-electron chi connectivity index (χ0n) is 18.0. The van der Waals surface area contributed by atoms with E-state index in [0.717, 1.165) is 28.9 Å². The SMILES string of the molecule is Cc1ccc(N=C2SC(CC(=O)Nc3ccc(F)cc3F)C(=O)N2Cc2ccco2)c(C)c1. The minimum Gasteiger partial charge on any atom is -0.467 e. The number of anilines is 1. The molecule has 1 atom stereocenters. The van der Waals surface area contributed by atoms with Crippen LogP contribution in [0.25, 0.3) is 0 Å². The molecule has 1 aromatic heterocycles. The lowest BCUT2D eigenvalue weighted by molar-refractivity contribution is -0.128. The lowest BCUT2D eigenvalue weighted by atomic mass is 10.1. The highest BCUT2D eigenvalue weighted by Crippen LogP contribution is 2.34. The summed E-state index contributed by atoms with van der Waals surface area (Å²) in [5.41, 5.74) is 2.63. The van der Waals surface area contributed by atoms with Gasteiger partial charge in [0.25, 0.3) is 0 Å². The molecule has 0 saturated carbocycles. The Morgan fingerprint density at radius 3 is 2.70 bits per heavy atom. The monoisotopic (exact) mass is 469 g/mol. The quantitative estimate of drug-likeness (QED) is 0.529. The third kappa shape index (κ3) is 5.31. The Morgan fingerprint density at radius 2 is 2.00 bits per heavy atom. The summed E-state index contributed by atoms with van der Waals surface area (Å²) in [5.74, 6) is -1.90. The number of furan rings is 1. The van der Waals surface area contributed by atoms with Gasteiger partial charge in [0, 0.05) is 12.5 Å². The highest BCUT2D eigenvalue weighted by molar-refractivity contribution is 8.15. The molecule has 0 spiro atoms. The topological polar surface area (TPSA) is 74.9 Å². The third-order valence-electron chi connectivity index (χ3n) is 5.06. The number of halogens is 2. The lowest BCUT2D eigenvalue weighted by Gasteiger charge is -2.15. The van der Waals surface area contributed by atoms with Crippen LogP contribution < -0.4 is 5.32 Å². The molecule has 2 aromatic carbocycles. The molecule has 1 saturated heterocycles. The normalized spacial score (nSPS) is 17.1. The molecule has 0 aliphatic carbocycles. The minimum absolute atomic E-state index is 0.145. The standard InChI is InChI=1S/C24H21F2N3O3S/c1-14-5-7-19(15(2)10-14)28-24-29(13-17-4-3-9-32-17)23(31)21(33-24)12-22(30)27-20-8-6-16(25)11-18(20)26/h3-11,21H,12-13H2,1-2H3,(H,27,30). The number of carbonyl (C=O) groups excluding carboxylic acids is 2. The van der Waals surface area contributed by atoms with E-state index in [-0.39, 0.29) is 24.6 Å². The van der Waals surface area contributed by atoms with Crippen LogP contribution in [0.15, 0.2) is 64.2 Å². The van der Waals surface area contributed by atoms with Crippen molar-refractivity contribution < 1.29 is 22.8 Å². The number of rotatable bonds is 6. The van der Waals surface area contributed by atoms with Gasteiger partial charge in [0.15, 0.2) is 5.17 Å². The van der Waals surface area contributed by atoms with E-state index in [2.05, 4.69) is 10.3 Å². The Labute approximate surface area is 193 Å². The summed E-state index contributed by atoms with van der Waals surface area (Å²) in [5, 5.41) is 2.11. The molecule has 6 nitrogen and oxygen atoms in total. The van der Waals surface area contributed by atoms with Crippen molar-refractivity contribution in [2.75, 3.05) is 5.32 Å². The van der Waals surface area contributed by atoms with E-state index in [4.69, 9.17) is 4.42 Å². The van der Waals surface area contributed by atoms with Gasteiger partial charge in [-0.25, -0.2) is 13.8 Å². The van der Waals surface area contributed by atoms with Crippen LogP contribution in [-0.2, 0) is 16.1 Å². The molecule has 1 fully saturated rings. The van der Waals surface area contributed by atoms with Crippen LogP contribution in [0.5, 0.6) is 0 Å². The van der Waals surface area contributed by atoms with E-state index < -0.39 is 22.8 Å². The molecule has 4 rings (SSSR count). The first-order chi connectivity index (χ1) is 15.8. The minimum atomic E-state index is -0.884. The van der Waals surface area contributed by atoms with Crippen molar-refractivity contribution in [3.8, 4) is 0 Å². The maximum Gasteiger partial charge on any atom is 0.243 e. The third-order valence-corrected chi connectivity index (χ3v) is 6.23. The number of benzene rings is 2. The van der Waals surface area contributed by atoms with Gasteiger partial charge < -0.3 is 9.73 Å². The van der Waals surface area contributed by atoms with Gasteiger partial charge in [-0.15, -0.1) is 0 Å². The van der Waals surface area contributed by atoms with Crippen molar-refractivity contribution >= 4 is 40.1 Å². The van der Waals surface area contributed by atoms with Crippen LogP contribution in [0.1, 0.15) is 23.3 Å². The Hall–Kier alpha value is -3.46. The van der Waals surface area contributed by atoms with E-state index in [0.29, 0.717) is 17.0 Å². The van der Waals surface area contributed by atoms with E-state index >= 15 is 0 Å². The predicted octanol–water partition coefficient (Wildman–Crippen LogP) is 5.34. The van der Waals surface area contributed by atoms with Crippen molar-refractivity contribution in [1.29, 1.82) is 0 Å². The number of thioether (sulfide) groups is 1. The Kier molecular flexibility index (Phi) is 6.60. The molecule has 0 radical (unpaired) electrons. The largest absolute Gasteiger partial charge is 0.467 e. The van der Waals surface area contributed by atoms with Gasteiger partial charge in [-0.05, 0) is 49.7 Å². The zero-order valence-corrected chi connectivity index (χ0v) is 18.8. The van der Waals surface area contributed by atoms with Gasteiger partial charge in [0.1, 0.15) is 22.6 Å². The van der Waals surface area contributed by atoms with Crippen LogP contribution >= 0.6 is 11.8 Å². The summed E-state index contributed by atoms with van der Waals surface area (Å²) < 4.78 is 32.4. The number of amides is 2. The molecule has 1 N–H and O–H groups in total. The molecule has 9 heteroatoms. The predicted molar refractivity (Wildman–Crippen MR) is 123 cm³/mol. The highest BCUT2D eigenvalue weighted by Gasteiger charge is 2.39. The average Bonchev–Trinajstić information content (AvgIpc) is 3.36. The molecule has 33 heavy (non-hydrogen) atoms. The molecule has 3 aromatic rings. The molecule has 170 valence electrons. The van der Waals surface area contributed by atoms with E-state index in [1.165, 1.54) is 22.9 Å². The number of amidine groups is 1. The second kappa shape index (κ2) is 9.58. The summed E-state index contributed by atoms with van der Waals surface area (Å²) in [6.45, 7) is 4.10. The van der Waals surface area contributed by atoms with Crippen LogP contribution in [-0.4, -0.2) is 27.1 Å². The second-order valence-corrected chi connectivity index (χ2v) is 8.84. The molecule has 1 aliphatic rings. The van der Waals surface area contributed by atoms with Crippen LogP contribution in [0.4, 0.5) is 20.2 Å². The Morgan fingerprint density at radius 1 is 1.18 bits per heavy atom. The summed E-state index contributed by atoms with van der Waals surface area (Å²) >= 11 is 1.17. The summed E-state index contributed by atoms with van der Waals surface area (Å²) in [6.07, 6.45) is 1.33. The molecule has 2 amide bonds. The van der Waals surface area contributed by atoms with Crippen molar-refractivity contribution in [2.45, 2.75) is 32.1 Å². The fourth-order valence-electron chi connectivity index (χ4n) is 3.42. The second-order valence-electron chi connectivity index (χ2n) is 7.67. The van der Waals surface area contributed by atoms with Crippen LogP contribution in [0, 0.1) is 25.5 Å². The molecule has 0 bridgehead atoms. The molecular weight excluding hydrogens is 448 g/mol. The van der Waals surface area contributed by atoms with Gasteiger partial charge in [-0.1, -0.05) is 29.5 Å².